The first kappa shape index (κ1) is 33.9. The van der Waals surface area contributed by atoms with Gasteiger partial charge in [-0.05, 0) is 63.2 Å². The normalized spacial score (nSPS) is 16.9. The summed E-state index contributed by atoms with van der Waals surface area (Å²) in [5.74, 6) is -3.85. The molecule has 1 aromatic carbocycles. The van der Waals surface area contributed by atoms with E-state index >= 15 is 0 Å². The SMILES string of the molecule is Cc1ccc(CN2CCC3(CC2)CN(C)Cc2nnc(-c4ccc(F)cc4)n23)s1.O=C(O)C(F)(F)F.O=C(O)C(F)(F)F. The topological polar surface area (TPSA) is 112 Å². The quantitative estimate of drug-likeness (QED) is 0.379. The Morgan fingerprint density at radius 3 is 1.93 bits per heavy atom. The third-order valence-corrected chi connectivity index (χ3v) is 7.72. The lowest BCUT2D eigenvalue weighted by Gasteiger charge is -2.48. The van der Waals surface area contributed by atoms with E-state index in [2.05, 4.69) is 50.7 Å². The van der Waals surface area contributed by atoms with E-state index in [4.69, 9.17) is 19.8 Å². The number of hydrogen-bond donors (Lipinski definition) is 2. The number of aryl methyl sites for hydroxylation is 1. The van der Waals surface area contributed by atoms with Crippen LogP contribution in [0.3, 0.4) is 0 Å². The summed E-state index contributed by atoms with van der Waals surface area (Å²) in [5, 5.41) is 23.3. The van der Waals surface area contributed by atoms with Gasteiger partial charge in [0.1, 0.15) is 11.6 Å². The lowest BCUT2D eigenvalue weighted by atomic mass is 9.84. The van der Waals surface area contributed by atoms with E-state index in [0.29, 0.717) is 0 Å². The molecule has 2 aliphatic heterocycles. The Labute approximate surface area is 245 Å². The van der Waals surface area contributed by atoms with E-state index in [1.165, 1.54) is 21.9 Å². The summed E-state index contributed by atoms with van der Waals surface area (Å²) in [4.78, 5) is 25.5. The van der Waals surface area contributed by atoms with Gasteiger partial charge in [0.25, 0.3) is 0 Å². The monoisotopic (exact) mass is 639 g/mol. The molecule has 1 saturated heterocycles. The van der Waals surface area contributed by atoms with Crippen molar-refractivity contribution < 1.29 is 50.5 Å². The number of alkyl halides is 6. The minimum atomic E-state index is -5.08. The summed E-state index contributed by atoms with van der Waals surface area (Å²) >= 11 is 1.89. The van der Waals surface area contributed by atoms with Crippen molar-refractivity contribution in [2.75, 3.05) is 26.7 Å². The van der Waals surface area contributed by atoms with Gasteiger partial charge in [-0.3, -0.25) is 9.80 Å². The lowest BCUT2D eigenvalue weighted by molar-refractivity contribution is -0.193. The molecule has 2 aromatic heterocycles. The summed E-state index contributed by atoms with van der Waals surface area (Å²) in [6.45, 7) is 7.12. The number of aliphatic carboxylic acids is 2. The van der Waals surface area contributed by atoms with Gasteiger partial charge in [0.2, 0.25) is 0 Å². The van der Waals surface area contributed by atoms with Crippen molar-refractivity contribution in [3.05, 3.63) is 57.8 Å². The largest absolute Gasteiger partial charge is 0.490 e. The fraction of sp³-hybridized carbons (Fsp3) is 0.462. The van der Waals surface area contributed by atoms with Crippen LogP contribution >= 0.6 is 11.3 Å². The van der Waals surface area contributed by atoms with Gasteiger partial charge >= 0.3 is 24.3 Å². The third-order valence-electron chi connectivity index (χ3n) is 6.73. The van der Waals surface area contributed by atoms with Crippen LogP contribution in [-0.2, 0) is 28.2 Å². The second-order valence-corrected chi connectivity index (χ2v) is 11.4. The molecule has 0 unspecified atom stereocenters. The van der Waals surface area contributed by atoms with E-state index in [1.54, 1.807) is 0 Å². The number of nitrogens with zero attached hydrogens (tertiary/aromatic N) is 5. The molecule has 9 nitrogen and oxygen atoms in total. The van der Waals surface area contributed by atoms with Crippen LogP contribution < -0.4 is 0 Å². The molecule has 17 heteroatoms. The van der Waals surface area contributed by atoms with E-state index in [9.17, 15) is 30.7 Å². The van der Waals surface area contributed by atoms with E-state index in [0.717, 1.165) is 62.8 Å². The van der Waals surface area contributed by atoms with Crippen molar-refractivity contribution >= 4 is 23.3 Å². The first-order valence-electron chi connectivity index (χ1n) is 12.7. The molecule has 0 atom stereocenters. The number of benzene rings is 1. The van der Waals surface area contributed by atoms with E-state index < -0.39 is 24.3 Å². The van der Waals surface area contributed by atoms with E-state index in [1.807, 2.05) is 23.5 Å². The van der Waals surface area contributed by atoms with Crippen molar-refractivity contribution in [1.82, 2.24) is 24.6 Å². The fourth-order valence-electron chi connectivity index (χ4n) is 4.87. The minimum Gasteiger partial charge on any atom is -0.475 e. The minimum absolute atomic E-state index is 0.00256. The first-order valence-corrected chi connectivity index (χ1v) is 13.5. The Morgan fingerprint density at radius 1 is 0.930 bits per heavy atom. The summed E-state index contributed by atoms with van der Waals surface area (Å²) in [6, 6.07) is 11.1. The van der Waals surface area contributed by atoms with E-state index in [-0.39, 0.29) is 11.4 Å². The maximum absolute atomic E-state index is 13.4. The van der Waals surface area contributed by atoms with Crippen LogP contribution in [0, 0.1) is 12.7 Å². The maximum Gasteiger partial charge on any atom is 0.490 e. The van der Waals surface area contributed by atoms with Crippen LogP contribution in [0.15, 0.2) is 36.4 Å². The smallest absolute Gasteiger partial charge is 0.475 e. The molecule has 2 aliphatic rings. The van der Waals surface area contributed by atoms with Gasteiger partial charge in [0.05, 0.1) is 12.1 Å². The van der Waals surface area contributed by atoms with Crippen molar-refractivity contribution in [2.45, 2.75) is 50.7 Å². The molecule has 5 rings (SSSR count). The van der Waals surface area contributed by atoms with Crippen LogP contribution in [0.4, 0.5) is 30.7 Å². The van der Waals surface area contributed by atoms with Gasteiger partial charge in [-0.15, -0.1) is 21.5 Å². The molecular formula is C26H28F7N5O4S. The molecule has 43 heavy (non-hydrogen) atoms. The van der Waals surface area contributed by atoms with Crippen LogP contribution in [0.5, 0.6) is 0 Å². The van der Waals surface area contributed by atoms with Crippen molar-refractivity contribution in [3.8, 4) is 11.4 Å². The zero-order valence-corrected chi connectivity index (χ0v) is 23.7. The van der Waals surface area contributed by atoms with Gasteiger partial charge in [0.15, 0.2) is 5.82 Å². The number of fused-ring (bicyclic) bond motifs is 2. The molecule has 3 aromatic rings. The van der Waals surface area contributed by atoms with Crippen LogP contribution in [0.25, 0.3) is 11.4 Å². The molecule has 1 fully saturated rings. The van der Waals surface area contributed by atoms with Gasteiger partial charge in [0, 0.05) is 41.5 Å². The Kier molecular flexibility index (Phi) is 10.6. The molecular weight excluding hydrogens is 611 g/mol. The lowest BCUT2D eigenvalue weighted by Crippen LogP contribution is -2.55. The Bertz CT molecular complexity index is 1370. The summed E-state index contributed by atoms with van der Waals surface area (Å²) in [7, 11) is 2.16. The number of carboxylic acids is 2. The molecule has 0 saturated carbocycles. The number of carbonyl (C=O) groups is 2. The average Bonchev–Trinajstić information content (AvgIpc) is 3.52. The summed E-state index contributed by atoms with van der Waals surface area (Å²) in [5.41, 5.74) is 0.933. The van der Waals surface area contributed by atoms with Gasteiger partial charge < -0.3 is 14.8 Å². The predicted octanol–water partition coefficient (Wildman–Crippen LogP) is 5.16. The number of likely N-dealkylation sites (tertiary alicyclic amines) is 1. The average molecular weight is 640 g/mol. The highest BCUT2D eigenvalue weighted by Gasteiger charge is 2.43. The molecule has 0 amide bonds. The molecule has 1 spiro atoms. The molecule has 2 N–H and O–H groups in total. The highest BCUT2D eigenvalue weighted by atomic mass is 32.1. The van der Waals surface area contributed by atoms with Crippen LogP contribution in [0.2, 0.25) is 0 Å². The van der Waals surface area contributed by atoms with Crippen LogP contribution in [0.1, 0.15) is 28.4 Å². The number of likely N-dealkylation sites (N-methyl/N-ethyl adjacent to an activating group) is 1. The number of hydrogen-bond acceptors (Lipinski definition) is 7. The summed E-state index contributed by atoms with van der Waals surface area (Å²) in [6.07, 6.45) is -8.03. The molecule has 0 radical (unpaired) electrons. The number of carboxylic acid groups (broad SMARTS) is 2. The molecule has 0 aliphatic carbocycles. The summed E-state index contributed by atoms with van der Waals surface area (Å²) < 4.78 is 79.3. The predicted molar refractivity (Wildman–Crippen MR) is 141 cm³/mol. The standard InChI is InChI=1S/C22H26FN5S.2C2HF3O2/c1-16-3-8-19(29-16)13-27-11-9-22(10-12-27)15-26(2)14-20-24-25-21(28(20)22)17-4-6-18(23)7-5-17;2*3-2(4,5)1(6)7/h3-8H,9-15H2,1-2H3;2*(H,6,7). The Balaban J connectivity index is 0.000000303. The zero-order chi connectivity index (χ0) is 32.2. The highest BCUT2D eigenvalue weighted by molar-refractivity contribution is 7.11. The van der Waals surface area contributed by atoms with Gasteiger partial charge in [-0.25, -0.2) is 14.0 Å². The third kappa shape index (κ3) is 8.96. The first-order chi connectivity index (χ1) is 19.9. The fourth-order valence-corrected chi connectivity index (χ4v) is 5.81. The number of piperidine rings is 1. The Morgan fingerprint density at radius 2 is 1.47 bits per heavy atom. The molecule has 4 heterocycles. The highest BCUT2D eigenvalue weighted by Crippen LogP contribution is 2.39. The number of halogens is 7. The second-order valence-electron chi connectivity index (χ2n) is 10.1. The number of rotatable bonds is 3. The second kappa shape index (κ2) is 13.4. The van der Waals surface area contributed by atoms with Crippen molar-refractivity contribution in [2.24, 2.45) is 0 Å². The molecule has 236 valence electrons. The maximum atomic E-state index is 13.4. The van der Waals surface area contributed by atoms with Crippen molar-refractivity contribution in [1.29, 1.82) is 0 Å². The van der Waals surface area contributed by atoms with Gasteiger partial charge in [-0.1, -0.05) is 0 Å². The zero-order valence-electron chi connectivity index (χ0n) is 22.9. The number of aromatic nitrogens is 3. The van der Waals surface area contributed by atoms with Crippen LogP contribution in [-0.4, -0.2) is 85.8 Å². The van der Waals surface area contributed by atoms with Crippen molar-refractivity contribution in [3.63, 3.8) is 0 Å². The Hall–Kier alpha value is -3.57. The molecule has 0 bridgehead atoms. The van der Waals surface area contributed by atoms with Gasteiger partial charge in [-0.2, -0.15) is 26.3 Å². The number of thiophene rings is 1.